The van der Waals surface area contributed by atoms with Crippen LogP contribution in [0.25, 0.3) is 0 Å². The highest BCUT2D eigenvalue weighted by molar-refractivity contribution is 5.99. The molecule has 0 fully saturated rings. The predicted octanol–water partition coefficient (Wildman–Crippen LogP) is -0.711. The van der Waals surface area contributed by atoms with Crippen molar-refractivity contribution in [3.63, 3.8) is 0 Å². The van der Waals surface area contributed by atoms with Gasteiger partial charge in [-0.3, -0.25) is 9.59 Å². The first-order chi connectivity index (χ1) is 8.41. The highest BCUT2D eigenvalue weighted by atomic mass is 16.2. The van der Waals surface area contributed by atoms with E-state index < -0.39 is 17.9 Å². The van der Waals surface area contributed by atoms with Crippen LogP contribution in [0.2, 0.25) is 0 Å². The van der Waals surface area contributed by atoms with Gasteiger partial charge in [-0.2, -0.15) is 0 Å². The van der Waals surface area contributed by atoms with Crippen molar-refractivity contribution >= 4 is 23.3 Å². The summed E-state index contributed by atoms with van der Waals surface area (Å²) in [6.07, 6.45) is 1.43. The first-order valence-corrected chi connectivity index (χ1v) is 5.39. The molecule has 0 aromatic carbocycles. The average Bonchev–Trinajstić information content (AvgIpc) is 2.28. The van der Waals surface area contributed by atoms with Crippen LogP contribution in [-0.2, 0) is 9.59 Å². The summed E-state index contributed by atoms with van der Waals surface area (Å²) in [5.41, 5.74) is 11.1. The number of amides is 2. The molecule has 1 aromatic heterocycles. The molecule has 0 saturated carbocycles. The van der Waals surface area contributed by atoms with E-state index in [2.05, 4.69) is 10.3 Å². The number of nitrogens with zero attached hydrogens (tertiary/aromatic N) is 2. The third kappa shape index (κ3) is 3.70. The minimum atomic E-state index is -0.960. The standard InChI is InChI=1S/C11H17N5O2/c1-16(2)10-8(4-3-5-14-10)15-11(18)7(12)6-9(13)17/h3-5,7H,6,12H2,1-2H3,(H2,13,17)(H,15,18). The van der Waals surface area contributed by atoms with E-state index in [1.807, 2.05) is 0 Å². The lowest BCUT2D eigenvalue weighted by Crippen LogP contribution is -2.39. The van der Waals surface area contributed by atoms with Gasteiger partial charge in [-0.1, -0.05) is 0 Å². The van der Waals surface area contributed by atoms with Gasteiger partial charge in [0.1, 0.15) is 0 Å². The lowest BCUT2D eigenvalue weighted by molar-refractivity contribution is -0.123. The summed E-state index contributed by atoms with van der Waals surface area (Å²) in [4.78, 5) is 28.3. The highest BCUT2D eigenvalue weighted by Gasteiger charge is 2.17. The van der Waals surface area contributed by atoms with Crippen molar-refractivity contribution in [3.8, 4) is 0 Å². The molecule has 0 radical (unpaired) electrons. The molecule has 1 atom stereocenters. The number of carbonyl (C=O) groups excluding carboxylic acids is 2. The Kier molecular flexibility index (Phi) is 4.61. The molecule has 5 N–H and O–H groups in total. The van der Waals surface area contributed by atoms with E-state index in [9.17, 15) is 9.59 Å². The van der Waals surface area contributed by atoms with Crippen LogP contribution in [0.1, 0.15) is 6.42 Å². The second kappa shape index (κ2) is 5.97. The third-order valence-electron chi connectivity index (χ3n) is 2.23. The van der Waals surface area contributed by atoms with E-state index in [1.165, 1.54) is 0 Å². The zero-order valence-electron chi connectivity index (χ0n) is 10.4. The van der Waals surface area contributed by atoms with Gasteiger partial charge in [0.05, 0.1) is 18.2 Å². The maximum absolute atomic E-state index is 11.7. The Morgan fingerprint density at radius 2 is 2.17 bits per heavy atom. The van der Waals surface area contributed by atoms with Crippen molar-refractivity contribution in [2.45, 2.75) is 12.5 Å². The molecular formula is C11H17N5O2. The smallest absolute Gasteiger partial charge is 0.241 e. The van der Waals surface area contributed by atoms with Crippen LogP contribution in [0, 0.1) is 0 Å². The van der Waals surface area contributed by atoms with Gasteiger partial charge in [0, 0.05) is 20.3 Å². The Labute approximate surface area is 105 Å². The summed E-state index contributed by atoms with van der Waals surface area (Å²) in [6, 6.07) is 2.44. The van der Waals surface area contributed by atoms with Crippen molar-refractivity contribution < 1.29 is 9.59 Å². The monoisotopic (exact) mass is 251 g/mol. The first kappa shape index (κ1) is 13.9. The van der Waals surface area contributed by atoms with Gasteiger partial charge >= 0.3 is 0 Å². The molecular weight excluding hydrogens is 234 g/mol. The van der Waals surface area contributed by atoms with Crippen LogP contribution >= 0.6 is 0 Å². The Hall–Kier alpha value is -2.15. The van der Waals surface area contributed by atoms with Gasteiger partial charge in [0.15, 0.2) is 5.82 Å². The number of hydrogen-bond acceptors (Lipinski definition) is 5. The molecule has 7 heteroatoms. The molecule has 2 amide bonds. The number of pyridine rings is 1. The van der Waals surface area contributed by atoms with Crippen molar-refractivity contribution in [1.82, 2.24) is 4.98 Å². The summed E-state index contributed by atoms with van der Waals surface area (Å²) in [7, 11) is 3.61. The number of anilines is 2. The summed E-state index contributed by atoms with van der Waals surface area (Å²) < 4.78 is 0. The molecule has 0 aliphatic carbocycles. The molecule has 1 aromatic rings. The SMILES string of the molecule is CN(C)c1ncccc1NC(=O)C(N)CC(N)=O. The van der Waals surface area contributed by atoms with Gasteiger partial charge < -0.3 is 21.7 Å². The number of hydrogen-bond donors (Lipinski definition) is 3. The highest BCUT2D eigenvalue weighted by Crippen LogP contribution is 2.20. The fourth-order valence-electron chi connectivity index (χ4n) is 1.39. The normalized spacial score (nSPS) is 11.7. The minimum Gasteiger partial charge on any atom is -0.370 e. The maximum atomic E-state index is 11.7. The fourth-order valence-corrected chi connectivity index (χ4v) is 1.39. The van der Waals surface area contributed by atoms with E-state index in [-0.39, 0.29) is 6.42 Å². The Morgan fingerprint density at radius 1 is 1.50 bits per heavy atom. The van der Waals surface area contributed by atoms with Crippen LogP contribution < -0.4 is 21.7 Å². The summed E-state index contributed by atoms with van der Waals surface area (Å²) in [6.45, 7) is 0. The zero-order valence-corrected chi connectivity index (χ0v) is 10.4. The average molecular weight is 251 g/mol. The Balaban J connectivity index is 2.78. The van der Waals surface area contributed by atoms with E-state index in [1.54, 1.807) is 37.3 Å². The van der Waals surface area contributed by atoms with Gasteiger partial charge in [-0.25, -0.2) is 4.98 Å². The second-order valence-electron chi connectivity index (χ2n) is 4.04. The Bertz CT molecular complexity index is 447. The summed E-state index contributed by atoms with van der Waals surface area (Å²) in [5.74, 6) is -0.473. The molecule has 0 aliphatic rings. The maximum Gasteiger partial charge on any atom is 0.241 e. The first-order valence-electron chi connectivity index (χ1n) is 5.39. The van der Waals surface area contributed by atoms with Gasteiger partial charge in [-0.15, -0.1) is 0 Å². The van der Waals surface area contributed by atoms with Crippen molar-refractivity contribution in [2.75, 3.05) is 24.3 Å². The molecule has 0 aliphatic heterocycles. The van der Waals surface area contributed by atoms with E-state index in [4.69, 9.17) is 11.5 Å². The number of carbonyl (C=O) groups is 2. The molecule has 1 unspecified atom stereocenters. The third-order valence-corrected chi connectivity index (χ3v) is 2.23. The quantitative estimate of drug-likeness (QED) is 0.639. The number of rotatable bonds is 5. The predicted molar refractivity (Wildman–Crippen MR) is 69.0 cm³/mol. The molecule has 18 heavy (non-hydrogen) atoms. The molecule has 0 spiro atoms. The summed E-state index contributed by atoms with van der Waals surface area (Å²) in [5, 5.41) is 2.62. The molecule has 98 valence electrons. The van der Waals surface area contributed by atoms with Crippen LogP contribution in [0.5, 0.6) is 0 Å². The van der Waals surface area contributed by atoms with Gasteiger partial charge in [-0.05, 0) is 12.1 Å². The fraction of sp³-hybridized carbons (Fsp3) is 0.364. The Morgan fingerprint density at radius 3 is 2.72 bits per heavy atom. The van der Waals surface area contributed by atoms with E-state index >= 15 is 0 Å². The van der Waals surface area contributed by atoms with E-state index in [0.29, 0.717) is 11.5 Å². The lowest BCUT2D eigenvalue weighted by atomic mass is 10.2. The minimum absolute atomic E-state index is 0.191. The van der Waals surface area contributed by atoms with Crippen molar-refractivity contribution in [2.24, 2.45) is 11.5 Å². The number of primary amides is 1. The largest absolute Gasteiger partial charge is 0.370 e. The van der Waals surface area contributed by atoms with Crippen LogP contribution in [-0.4, -0.2) is 36.9 Å². The molecule has 1 heterocycles. The molecule has 0 saturated heterocycles. The second-order valence-corrected chi connectivity index (χ2v) is 4.04. The van der Waals surface area contributed by atoms with Gasteiger partial charge in [0.25, 0.3) is 0 Å². The topological polar surface area (TPSA) is 114 Å². The number of nitrogens with one attached hydrogen (secondary N) is 1. The molecule has 7 nitrogen and oxygen atoms in total. The van der Waals surface area contributed by atoms with Crippen LogP contribution in [0.3, 0.4) is 0 Å². The zero-order chi connectivity index (χ0) is 13.7. The number of aromatic nitrogens is 1. The van der Waals surface area contributed by atoms with Gasteiger partial charge in [0.2, 0.25) is 11.8 Å². The van der Waals surface area contributed by atoms with E-state index in [0.717, 1.165) is 0 Å². The molecule has 1 rings (SSSR count). The lowest BCUT2D eigenvalue weighted by Gasteiger charge is -2.17. The molecule has 0 bridgehead atoms. The van der Waals surface area contributed by atoms with Crippen molar-refractivity contribution in [1.29, 1.82) is 0 Å². The number of nitrogens with two attached hydrogens (primary N) is 2. The van der Waals surface area contributed by atoms with Crippen LogP contribution in [0.4, 0.5) is 11.5 Å². The van der Waals surface area contributed by atoms with Crippen molar-refractivity contribution in [3.05, 3.63) is 18.3 Å². The van der Waals surface area contributed by atoms with Crippen LogP contribution in [0.15, 0.2) is 18.3 Å². The summed E-state index contributed by atoms with van der Waals surface area (Å²) >= 11 is 0.